The molecule has 23 heavy (non-hydrogen) atoms. The summed E-state index contributed by atoms with van der Waals surface area (Å²) in [5.74, 6) is 1.27. The Kier molecular flexibility index (Phi) is 4.13. The molecule has 11 heteroatoms. The summed E-state index contributed by atoms with van der Waals surface area (Å²) >= 11 is 4.94. The molecule has 4 heterocycles. The van der Waals surface area contributed by atoms with Gasteiger partial charge in [0.1, 0.15) is 0 Å². The van der Waals surface area contributed by atoms with E-state index in [0.717, 1.165) is 11.1 Å². The van der Waals surface area contributed by atoms with Crippen molar-refractivity contribution in [2.75, 3.05) is 0 Å². The minimum atomic E-state index is -0.0663. The van der Waals surface area contributed by atoms with Crippen LogP contribution in [0.15, 0.2) is 33.7 Å². The zero-order valence-electron chi connectivity index (χ0n) is 11.5. The van der Waals surface area contributed by atoms with Crippen molar-refractivity contribution < 1.29 is 0 Å². The Morgan fingerprint density at radius 1 is 0.826 bits per heavy atom. The molecule has 8 nitrogen and oxygen atoms in total. The normalized spacial score (nSPS) is 13.9. The molecule has 4 aromatic rings. The number of rotatable bonds is 6. The number of tetrazole rings is 2. The van der Waals surface area contributed by atoms with Crippen molar-refractivity contribution in [1.82, 2.24) is 41.2 Å². The first-order chi connectivity index (χ1) is 11.4. The van der Waals surface area contributed by atoms with E-state index in [-0.39, 0.29) is 10.5 Å². The van der Waals surface area contributed by atoms with Crippen molar-refractivity contribution in [1.29, 1.82) is 0 Å². The highest BCUT2D eigenvalue weighted by molar-refractivity contribution is 8.00. The highest BCUT2D eigenvalue weighted by Gasteiger charge is 2.29. The molecule has 4 rings (SSSR count). The van der Waals surface area contributed by atoms with Gasteiger partial charge in [0.05, 0.1) is 10.5 Å². The van der Waals surface area contributed by atoms with Crippen LogP contribution in [0.25, 0.3) is 0 Å². The molecule has 0 amide bonds. The molecule has 116 valence electrons. The van der Waals surface area contributed by atoms with E-state index in [9.17, 15) is 0 Å². The number of aromatic nitrogens is 8. The van der Waals surface area contributed by atoms with Gasteiger partial charge in [-0.3, -0.25) is 0 Å². The number of aromatic amines is 2. The maximum atomic E-state index is 4.16. The van der Waals surface area contributed by atoms with Crippen molar-refractivity contribution >= 4 is 34.4 Å². The smallest absolute Gasteiger partial charge is 0.177 e. The van der Waals surface area contributed by atoms with Crippen LogP contribution in [0.4, 0.5) is 0 Å². The van der Waals surface area contributed by atoms with Gasteiger partial charge in [-0.1, -0.05) is 10.4 Å². The van der Waals surface area contributed by atoms with Crippen molar-refractivity contribution in [3.63, 3.8) is 0 Å². The average Bonchev–Trinajstić information content (AvgIpc) is 3.35. The molecule has 2 unspecified atom stereocenters. The highest BCUT2D eigenvalue weighted by atomic mass is 32.2. The Morgan fingerprint density at radius 2 is 1.35 bits per heavy atom. The molecule has 0 spiro atoms. The number of thiophene rings is 2. The summed E-state index contributed by atoms with van der Waals surface area (Å²) in [6.07, 6.45) is 0. The van der Waals surface area contributed by atoms with E-state index < -0.39 is 0 Å². The number of hydrogen-bond donors (Lipinski definition) is 2. The lowest BCUT2D eigenvalue weighted by Crippen LogP contribution is -2.05. The molecule has 2 N–H and O–H groups in total. The quantitative estimate of drug-likeness (QED) is 0.542. The van der Waals surface area contributed by atoms with Crippen molar-refractivity contribution in [3.05, 3.63) is 56.4 Å². The highest BCUT2D eigenvalue weighted by Crippen LogP contribution is 2.46. The molecule has 0 saturated carbocycles. The van der Waals surface area contributed by atoms with Gasteiger partial charge >= 0.3 is 0 Å². The molecule has 0 bridgehead atoms. The number of nitrogens with zero attached hydrogens (tertiary/aromatic N) is 6. The molecule has 4 aromatic heterocycles. The van der Waals surface area contributed by atoms with Gasteiger partial charge in [-0.05, 0) is 44.8 Å². The molecule has 0 saturated heterocycles. The Bertz CT molecular complexity index is 671. The number of nitrogens with one attached hydrogen (secondary N) is 2. The summed E-state index contributed by atoms with van der Waals surface area (Å²) in [6.45, 7) is 0. The molecule has 0 aliphatic carbocycles. The minimum Gasteiger partial charge on any atom is -0.177 e. The van der Waals surface area contributed by atoms with Gasteiger partial charge in [-0.25, -0.2) is 0 Å². The van der Waals surface area contributed by atoms with E-state index >= 15 is 0 Å². The second kappa shape index (κ2) is 6.56. The molecule has 0 aliphatic heterocycles. The first-order valence-corrected chi connectivity index (χ1v) is 9.41. The Labute approximate surface area is 142 Å². The molecule has 0 aliphatic rings. The van der Waals surface area contributed by atoms with E-state index in [4.69, 9.17) is 0 Å². The SMILES string of the molecule is c1cc(C(SC(c2ccsc2)c2nn[nH]n2)c2nn[nH]n2)cs1. The van der Waals surface area contributed by atoms with Crippen LogP contribution < -0.4 is 0 Å². The van der Waals surface area contributed by atoms with Crippen molar-refractivity contribution in [3.8, 4) is 0 Å². The van der Waals surface area contributed by atoms with Gasteiger partial charge in [-0.15, -0.1) is 32.2 Å². The monoisotopic (exact) mass is 362 g/mol. The largest absolute Gasteiger partial charge is 0.191 e. The first kappa shape index (κ1) is 14.5. The lowest BCUT2D eigenvalue weighted by molar-refractivity contribution is 0.881. The third-order valence-electron chi connectivity index (χ3n) is 3.16. The van der Waals surface area contributed by atoms with Gasteiger partial charge in [0.15, 0.2) is 11.6 Å². The maximum Gasteiger partial charge on any atom is 0.191 e. The van der Waals surface area contributed by atoms with Crippen LogP contribution in [-0.2, 0) is 0 Å². The van der Waals surface area contributed by atoms with E-state index in [0.29, 0.717) is 11.6 Å². The van der Waals surface area contributed by atoms with Crippen LogP contribution in [0.1, 0.15) is 33.3 Å². The lowest BCUT2D eigenvalue weighted by atomic mass is 10.2. The predicted octanol–water partition coefficient (Wildman–Crippen LogP) is 2.45. The molecule has 0 aromatic carbocycles. The van der Waals surface area contributed by atoms with Crippen LogP contribution in [0.5, 0.6) is 0 Å². The van der Waals surface area contributed by atoms with Gasteiger partial charge < -0.3 is 0 Å². The standard InChI is InChI=1S/C12H10N8S3/c1-3-21-5-7(1)9(11-13-17-18-14-11)23-10(8-2-4-22-6-8)12-15-19-20-16-12/h1-6,9-10H,(H,13,14,17,18)(H,15,16,19,20). The summed E-state index contributed by atoms with van der Waals surface area (Å²) < 4.78 is 0. The van der Waals surface area contributed by atoms with E-state index in [1.165, 1.54) is 0 Å². The van der Waals surface area contributed by atoms with Crippen LogP contribution in [0, 0.1) is 0 Å². The number of thioether (sulfide) groups is 1. The number of hydrogen-bond acceptors (Lipinski definition) is 9. The molecule has 0 fully saturated rings. The van der Waals surface area contributed by atoms with E-state index in [1.807, 2.05) is 10.8 Å². The van der Waals surface area contributed by atoms with Crippen LogP contribution >= 0.6 is 34.4 Å². The first-order valence-electron chi connectivity index (χ1n) is 6.58. The lowest BCUT2D eigenvalue weighted by Gasteiger charge is -2.17. The third kappa shape index (κ3) is 3.02. The fourth-order valence-corrected chi connectivity index (χ4v) is 4.99. The average molecular weight is 362 g/mol. The second-order valence-corrected chi connectivity index (χ2v) is 7.32. The Hall–Kier alpha value is -2.11. The summed E-state index contributed by atoms with van der Waals surface area (Å²) in [7, 11) is 0. The zero-order valence-corrected chi connectivity index (χ0v) is 14.0. The second-order valence-electron chi connectivity index (χ2n) is 4.55. The van der Waals surface area contributed by atoms with Crippen molar-refractivity contribution in [2.45, 2.75) is 10.5 Å². The fourth-order valence-electron chi connectivity index (χ4n) is 2.12. The third-order valence-corrected chi connectivity index (χ3v) is 6.07. The fraction of sp³-hybridized carbons (Fsp3) is 0.167. The maximum absolute atomic E-state index is 4.16. The van der Waals surface area contributed by atoms with Gasteiger partial charge in [0, 0.05) is 0 Å². The Morgan fingerprint density at radius 3 is 1.70 bits per heavy atom. The molecular formula is C12H10N8S3. The molecular weight excluding hydrogens is 352 g/mol. The van der Waals surface area contributed by atoms with E-state index in [1.54, 1.807) is 34.4 Å². The molecule has 0 radical (unpaired) electrons. The minimum absolute atomic E-state index is 0.0663. The van der Waals surface area contributed by atoms with Crippen LogP contribution in [0.2, 0.25) is 0 Å². The van der Waals surface area contributed by atoms with E-state index in [2.05, 4.69) is 64.1 Å². The van der Waals surface area contributed by atoms with Gasteiger partial charge in [-0.2, -0.15) is 33.1 Å². The predicted molar refractivity (Wildman–Crippen MR) is 88.3 cm³/mol. The summed E-state index contributed by atoms with van der Waals surface area (Å²) in [4.78, 5) is 0. The summed E-state index contributed by atoms with van der Waals surface area (Å²) in [5, 5.41) is 37.2. The van der Waals surface area contributed by atoms with Crippen molar-refractivity contribution in [2.24, 2.45) is 0 Å². The summed E-state index contributed by atoms with van der Waals surface area (Å²) in [5.41, 5.74) is 2.26. The summed E-state index contributed by atoms with van der Waals surface area (Å²) in [6, 6.07) is 4.14. The van der Waals surface area contributed by atoms with Gasteiger partial charge in [0.25, 0.3) is 0 Å². The molecule has 2 atom stereocenters. The van der Waals surface area contributed by atoms with Gasteiger partial charge in [0.2, 0.25) is 0 Å². The zero-order chi connectivity index (χ0) is 15.5. The topological polar surface area (TPSA) is 109 Å². The van der Waals surface area contributed by atoms with Crippen LogP contribution in [0.3, 0.4) is 0 Å². The Balaban J connectivity index is 1.71. The van der Waals surface area contributed by atoms with Crippen LogP contribution in [-0.4, -0.2) is 41.2 Å². The number of H-pyrrole nitrogens is 2.